The van der Waals surface area contributed by atoms with E-state index in [1.165, 1.54) is 4.57 Å². The van der Waals surface area contributed by atoms with Crippen molar-refractivity contribution in [3.63, 3.8) is 0 Å². The predicted molar refractivity (Wildman–Crippen MR) is 172 cm³/mol. The topological polar surface area (TPSA) is 166 Å². The minimum atomic E-state index is -3.06. The van der Waals surface area contributed by atoms with Crippen LogP contribution in [0.25, 0.3) is 11.2 Å². The number of nitrogens with zero attached hydrogens (tertiary/aromatic N) is 7. The maximum absolute atomic E-state index is 13.8. The summed E-state index contributed by atoms with van der Waals surface area (Å²) in [7, 11) is 1.11. The normalized spacial score (nSPS) is 20.4. The molecule has 1 amide bonds. The van der Waals surface area contributed by atoms with Crippen LogP contribution in [0.15, 0.2) is 23.1 Å². The summed E-state index contributed by atoms with van der Waals surface area (Å²) >= 11 is 0. The van der Waals surface area contributed by atoms with Gasteiger partial charge in [0.05, 0.1) is 6.54 Å². The van der Waals surface area contributed by atoms with Gasteiger partial charge < -0.3 is 35.6 Å². The van der Waals surface area contributed by atoms with Crippen molar-refractivity contribution in [3.05, 3.63) is 34.4 Å². The molecule has 14 nitrogen and oxygen atoms in total. The van der Waals surface area contributed by atoms with Gasteiger partial charge in [-0.2, -0.15) is 0 Å². The number of nitrogens with two attached hydrogens (primary N) is 1. The second-order valence-electron chi connectivity index (χ2n) is 13.7. The molecule has 5 heterocycles. The lowest BCUT2D eigenvalue weighted by atomic mass is 10.0. The molecule has 0 radical (unpaired) electrons. The highest BCUT2D eigenvalue weighted by Crippen LogP contribution is 2.44. The van der Waals surface area contributed by atoms with Gasteiger partial charge in [-0.25, -0.2) is 24.5 Å². The fourth-order valence-electron chi connectivity index (χ4n) is 6.18. The van der Waals surface area contributed by atoms with E-state index in [0.717, 1.165) is 55.1 Å². The van der Waals surface area contributed by atoms with Crippen molar-refractivity contribution in [1.82, 2.24) is 39.8 Å². The Kier molecular flexibility index (Phi) is 9.06. The Morgan fingerprint density at radius 3 is 2.66 bits per heavy atom. The molecular weight excluding hydrogens is 583 g/mol. The number of fused-ring (bicyclic) bond motifs is 1. The number of nitrogen functional groups attached to an aromatic ring is 1. The lowest BCUT2D eigenvalue weighted by Gasteiger charge is -2.22. The number of carbonyl (C=O) groups excluding carboxylic acids is 1. The summed E-state index contributed by atoms with van der Waals surface area (Å²) < 4.78 is 16.0. The van der Waals surface area contributed by atoms with Crippen LogP contribution in [0.2, 0.25) is 0 Å². The molecule has 5 rings (SSSR count). The van der Waals surface area contributed by atoms with E-state index in [9.17, 15) is 14.2 Å². The Balaban J connectivity index is 1.48. The third-order valence-corrected chi connectivity index (χ3v) is 10.5. The first kappa shape index (κ1) is 31.9. The van der Waals surface area contributed by atoms with Crippen LogP contribution in [-0.2, 0) is 11.1 Å². The minimum Gasteiger partial charge on any atom is -0.382 e. The summed E-state index contributed by atoms with van der Waals surface area (Å²) in [6.45, 7) is 12.0. The van der Waals surface area contributed by atoms with Crippen LogP contribution in [0.4, 0.5) is 16.4 Å². The lowest BCUT2D eigenvalue weighted by molar-refractivity contribution is 0.130. The summed E-state index contributed by atoms with van der Waals surface area (Å²) in [6, 6.07) is 3.76. The summed E-state index contributed by atoms with van der Waals surface area (Å²) in [6.07, 6.45) is 3.15. The van der Waals surface area contributed by atoms with Gasteiger partial charge in [0.15, 0.2) is 22.5 Å². The van der Waals surface area contributed by atoms with Crippen LogP contribution in [0.5, 0.6) is 0 Å². The molecule has 2 fully saturated rings. The lowest BCUT2D eigenvalue weighted by Crippen LogP contribution is -2.43. The van der Waals surface area contributed by atoms with Gasteiger partial charge >= 0.3 is 11.8 Å². The first-order valence-electron chi connectivity index (χ1n) is 15.1. The summed E-state index contributed by atoms with van der Waals surface area (Å²) in [5, 5.41) is 5.94. The van der Waals surface area contributed by atoms with Gasteiger partial charge in [-0.1, -0.05) is 26.8 Å². The van der Waals surface area contributed by atoms with E-state index in [1.807, 2.05) is 32.9 Å². The van der Waals surface area contributed by atoms with Gasteiger partial charge in [-0.15, -0.1) is 4.73 Å². The Morgan fingerprint density at radius 1 is 1.25 bits per heavy atom. The maximum Gasteiger partial charge on any atom is 0.432 e. The Hall–Kier alpha value is -3.48. The summed E-state index contributed by atoms with van der Waals surface area (Å²) in [4.78, 5) is 50.3. The number of hydrogen-bond acceptors (Lipinski definition) is 11. The van der Waals surface area contributed by atoms with Crippen molar-refractivity contribution in [1.29, 1.82) is 0 Å². The van der Waals surface area contributed by atoms with Gasteiger partial charge in [0.2, 0.25) is 0 Å². The quantitative estimate of drug-likeness (QED) is 0.291. The van der Waals surface area contributed by atoms with Crippen molar-refractivity contribution in [2.75, 3.05) is 70.3 Å². The standard InChI is InChI=1S/C29H45N10O4P/c1-29(2,3)18-44(6,42)26-34-24(30)23-25(35-26)38(28(41)39(23)43-27(40)33-21-9-11-31-14-21)17-19-7-8-22(32-13-19)37-12-10-20(16-37)15-36(4)5/h7-8,13,20-21,31H,9-12,14-18H2,1-6H3,(H,33,40)(H2,30,34,35). The van der Waals surface area contributed by atoms with Gasteiger partial charge in [0.25, 0.3) is 0 Å². The van der Waals surface area contributed by atoms with E-state index in [0.29, 0.717) is 18.6 Å². The smallest absolute Gasteiger partial charge is 0.382 e. The van der Waals surface area contributed by atoms with Crippen molar-refractivity contribution >= 4 is 41.6 Å². The molecule has 0 aromatic carbocycles. The van der Waals surface area contributed by atoms with Crippen LogP contribution in [0, 0.1) is 11.3 Å². The first-order valence-corrected chi connectivity index (χ1v) is 17.4. The Bertz CT molecular complexity index is 1610. The monoisotopic (exact) mass is 628 g/mol. The van der Waals surface area contributed by atoms with Gasteiger partial charge in [-0.3, -0.25) is 4.57 Å². The molecule has 240 valence electrons. The van der Waals surface area contributed by atoms with E-state index in [2.05, 4.69) is 44.5 Å². The number of hydrogen-bond donors (Lipinski definition) is 3. The van der Waals surface area contributed by atoms with E-state index >= 15 is 0 Å². The van der Waals surface area contributed by atoms with Gasteiger partial charge in [-0.05, 0) is 63.1 Å². The highest BCUT2D eigenvalue weighted by atomic mass is 31.2. The predicted octanol–water partition coefficient (Wildman–Crippen LogP) is 1.17. The number of aromatic nitrogens is 5. The zero-order valence-electron chi connectivity index (χ0n) is 26.5. The van der Waals surface area contributed by atoms with E-state index in [4.69, 9.17) is 15.6 Å². The average Bonchev–Trinajstić information content (AvgIpc) is 3.65. The van der Waals surface area contributed by atoms with E-state index < -0.39 is 18.9 Å². The fourth-order valence-corrected chi connectivity index (χ4v) is 8.76. The second-order valence-corrected chi connectivity index (χ2v) is 16.6. The molecule has 3 aromatic rings. The SMILES string of the molecule is CN(C)CC1CCN(c2ccc(Cn3c(=O)n(OC(=O)NC4CCNC4)c4c(N)nc(P(C)(=O)CC(C)(C)C)nc43)cn2)C1. The van der Waals surface area contributed by atoms with Crippen LogP contribution in [0.3, 0.4) is 0 Å². The number of pyridine rings is 1. The summed E-state index contributed by atoms with van der Waals surface area (Å²) in [5.41, 5.74) is 6.47. The molecule has 0 saturated carbocycles. The second kappa shape index (κ2) is 12.5. The van der Waals surface area contributed by atoms with Crippen LogP contribution in [-0.4, -0.2) is 101 Å². The van der Waals surface area contributed by atoms with Crippen LogP contribution >= 0.6 is 7.14 Å². The van der Waals surface area contributed by atoms with Crippen molar-refractivity contribution in [2.45, 2.75) is 46.2 Å². The van der Waals surface area contributed by atoms with Crippen LogP contribution in [0.1, 0.15) is 39.2 Å². The Labute approximate surface area is 257 Å². The molecular formula is C29H45N10O4P. The van der Waals surface area contributed by atoms with Gasteiger partial charge in [0, 0.05) is 44.6 Å². The number of rotatable bonds is 9. The van der Waals surface area contributed by atoms with E-state index in [1.54, 1.807) is 12.9 Å². The third-order valence-electron chi connectivity index (χ3n) is 7.88. The molecule has 44 heavy (non-hydrogen) atoms. The molecule has 4 N–H and O–H groups in total. The van der Waals surface area contributed by atoms with Crippen molar-refractivity contribution in [3.8, 4) is 0 Å². The fraction of sp³-hybridized carbons (Fsp3) is 0.621. The zero-order valence-corrected chi connectivity index (χ0v) is 27.4. The number of nitrogens with one attached hydrogen (secondary N) is 2. The van der Waals surface area contributed by atoms with Crippen molar-refractivity contribution < 1.29 is 14.2 Å². The highest BCUT2D eigenvalue weighted by molar-refractivity contribution is 7.70. The van der Waals surface area contributed by atoms with E-state index in [-0.39, 0.29) is 40.5 Å². The molecule has 2 aliphatic rings. The summed E-state index contributed by atoms with van der Waals surface area (Å²) in [5.74, 6) is 1.38. The Morgan fingerprint density at radius 2 is 2.02 bits per heavy atom. The zero-order chi connectivity index (χ0) is 31.8. The average molecular weight is 629 g/mol. The largest absolute Gasteiger partial charge is 0.432 e. The minimum absolute atomic E-state index is 0.0442. The number of amides is 1. The van der Waals surface area contributed by atoms with Gasteiger partial charge in [0.1, 0.15) is 13.0 Å². The molecule has 15 heteroatoms. The molecule has 3 aromatic heterocycles. The highest BCUT2D eigenvalue weighted by Gasteiger charge is 2.32. The molecule has 3 unspecified atom stereocenters. The third kappa shape index (κ3) is 7.24. The molecule has 0 aliphatic carbocycles. The molecule has 0 bridgehead atoms. The molecule has 2 aliphatic heterocycles. The number of carbonyl (C=O) groups is 1. The first-order chi connectivity index (χ1) is 20.7. The molecule has 2 saturated heterocycles. The number of anilines is 2. The molecule has 0 spiro atoms. The van der Waals surface area contributed by atoms with Crippen molar-refractivity contribution in [2.24, 2.45) is 11.3 Å². The number of imidazole rings is 1. The molecule has 3 atom stereocenters. The van der Waals surface area contributed by atoms with Crippen LogP contribution < -0.4 is 37.4 Å². The maximum atomic E-state index is 13.8.